The highest BCUT2D eigenvalue weighted by Gasteiger charge is 2.26. The van der Waals surface area contributed by atoms with Crippen LogP contribution < -0.4 is 5.73 Å². The normalized spacial score (nSPS) is 20.2. The van der Waals surface area contributed by atoms with Crippen molar-refractivity contribution in [3.05, 3.63) is 0 Å². The first-order valence-electron chi connectivity index (χ1n) is 6.11. The van der Waals surface area contributed by atoms with Crippen LogP contribution in [0.2, 0.25) is 0 Å². The van der Waals surface area contributed by atoms with Crippen LogP contribution in [0.4, 0.5) is 0 Å². The number of carbonyl (C=O) groups excluding carboxylic acids is 1. The van der Waals surface area contributed by atoms with Gasteiger partial charge >= 0.3 is 0 Å². The quantitative estimate of drug-likeness (QED) is 0.781. The summed E-state index contributed by atoms with van der Waals surface area (Å²) in [7, 11) is 1.73. The largest absolute Gasteiger partial charge is 0.381 e. The molecule has 0 aromatic heterocycles. The topological polar surface area (TPSA) is 55.6 Å². The van der Waals surface area contributed by atoms with E-state index >= 15 is 0 Å². The minimum absolute atomic E-state index is 0.100. The van der Waals surface area contributed by atoms with Crippen molar-refractivity contribution in [2.75, 3.05) is 20.2 Å². The van der Waals surface area contributed by atoms with Crippen molar-refractivity contribution in [1.82, 2.24) is 4.90 Å². The van der Waals surface area contributed by atoms with Gasteiger partial charge in [-0.1, -0.05) is 13.8 Å². The third-order valence-electron chi connectivity index (χ3n) is 3.13. The van der Waals surface area contributed by atoms with Crippen LogP contribution in [0.1, 0.15) is 33.1 Å². The van der Waals surface area contributed by atoms with Gasteiger partial charge in [-0.05, 0) is 25.2 Å². The summed E-state index contributed by atoms with van der Waals surface area (Å²) in [4.78, 5) is 13.9. The lowest BCUT2D eigenvalue weighted by Gasteiger charge is -2.33. The molecule has 0 spiro atoms. The first kappa shape index (κ1) is 13.5. The lowest BCUT2D eigenvalue weighted by atomic mass is 10.0. The molecule has 0 bridgehead atoms. The molecular weight excluding hydrogens is 204 g/mol. The molecule has 1 aliphatic rings. The zero-order valence-corrected chi connectivity index (χ0v) is 10.6. The van der Waals surface area contributed by atoms with E-state index in [1.165, 1.54) is 0 Å². The Morgan fingerprint density at radius 1 is 1.44 bits per heavy atom. The van der Waals surface area contributed by atoms with Gasteiger partial charge in [0.05, 0.1) is 12.1 Å². The van der Waals surface area contributed by atoms with Gasteiger partial charge in [-0.2, -0.15) is 0 Å². The van der Waals surface area contributed by atoms with Gasteiger partial charge in [-0.15, -0.1) is 0 Å². The molecule has 1 fully saturated rings. The fourth-order valence-corrected chi connectivity index (χ4v) is 2.16. The van der Waals surface area contributed by atoms with E-state index < -0.39 is 0 Å². The summed E-state index contributed by atoms with van der Waals surface area (Å²) >= 11 is 0. The molecule has 1 rings (SSSR count). The Kier molecular flexibility index (Phi) is 5.22. The highest BCUT2D eigenvalue weighted by molar-refractivity contribution is 5.81. The third-order valence-corrected chi connectivity index (χ3v) is 3.13. The van der Waals surface area contributed by atoms with E-state index in [9.17, 15) is 4.79 Å². The van der Waals surface area contributed by atoms with Gasteiger partial charge in [-0.25, -0.2) is 0 Å². The van der Waals surface area contributed by atoms with Gasteiger partial charge in [-0.3, -0.25) is 4.79 Å². The number of ether oxygens (including phenoxy) is 1. The predicted molar refractivity (Wildman–Crippen MR) is 64.0 cm³/mol. The highest BCUT2D eigenvalue weighted by Crippen LogP contribution is 2.15. The van der Waals surface area contributed by atoms with E-state index in [-0.39, 0.29) is 11.9 Å². The smallest absolute Gasteiger partial charge is 0.239 e. The van der Waals surface area contributed by atoms with Gasteiger partial charge in [0.2, 0.25) is 5.91 Å². The number of nitrogens with two attached hydrogens (primary N) is 1. The number of amides is 1. The molecule has 94 valence electrons. The molecule has 4 heteroatoms. The maximum absolute atomic E-state index is 12.0. The van der Waals surface area contributed by atoms with E-state index in [0.717, 1.165) is 32.4 Å². The molecule has 1 unspecified atom stereocenters. The minimum Gasteiger partial charge on any atom is -0.381 e. The molecule has 4 nitrogen and oxygen atoms in total. The number of hydrogen-bond acceptors (Lipinski definition) is 3. The minimum atomic E-state index is -0.334. The molecule has 1 heterocycles. The van der Waals surface area contributed by atoms with Crippen LogP contribution in [0.25, 0.3) is 0 Å². The van der Waals surface area contributed by atoms with Crippen LogP contribution in [0, 0.1) is 5.92 Å². The molecule has 1 saturated heterocycles. The summed E-state index contributed by atoms with van der Waals surface area (Å²) in [5.41, 5.74) is 5.89. The number of piperidine rings is 1. The Morgan fingerprint density at radius 3 is 2.44 bits per heavy atom. The maximum Gasteiger partial charge on any atom is 0.239 e. The van der Waals surface area contributed by atoms with Crippen molar-refractivity contribution in [3.8, 4) is 0 Å². The highest BCUT2D eigenvalue weighted by atomic mass is 16.5. The van der Waals surface area contributed by atoms with Crippen molar-refractivity contribution < 1.29 is 9.53 Å². The molecule has 1 amide bonds. The summed E-state index contributed by atoms with van der Waals surface area (Å²) in [6.07, 6.45) is 2.93. The molecular formula is C12H24N2O2. The van der Waals surface area contributed by atoms with E-state index in [1.807, 2.05) is 4.90 Å². The summed E-state index contributed by atoms with van der Waals surface area (Å²) in [5.74, 6) is 0.568. The lowest BCUT2D eigenvalue weighted by Crippen LogP contribution is -2.48. The maximum atomic E-state index is 12.0. The standard InChI is InChI=1S/C12H24N2O2/c1-9(2)8-11(13)12(15)14-6-4-10(16-3)5-7-14/h9-11H,4-8,13H2,1-3H3. The van der Waals surface area contributed by atoms with Crippen molar-refractivity contribution in [2.45, 2.75) is 45.3 Å². The van der Waals surface area contributed by atoms with E-state index in [4.69, 9.17) is 10.5 Å². The second-order valence-electron chi connectivity index (χ2n) is 5.00. The fourth-order valence-electron chi connectivity index (χ4n) is 2.16. The lowest BCUT2D eigenvalue weighted by molar-refractivity contribution is -0.135. The zero-order valence-electron chi connectivity index (χ0n) is 10.6. The predicted octanol–water partition coefficient (Wildman–Crippen LogP) is 0.997. The van der Waals surface area contributed by atoms with Crippen molar-refractivity contribution in [3.63, 3.8) is 0 Å². The van der Waals surface area contributed by atoms with Crippen molar-refractivity contribution >= 4 is 5.91 Å². The Balaban J connectivity index is 2.38. The van der Waals surface area contributed by atoms with Crippen LogP contribution in [0.5, 0.6) is 0 Å². The van der Waals surface area contributed by atoms with Gasteiger partial charge in [0.1, 0.15) is 0 Å². The molecule has 0 aliphatic carbocycles. The third kappa shape index (κ3) is 3.76. The van der Waals surface area contributed by atoms with Gasteiger partial charge in [0.15, 0.2) is 0 Å². The molecule has 0 aromatic carbocycles. The Bertz CT molecular complexity index is 223. The van der Waals surface area contributed by atoms with Crippen LogP contribution in [-0.2, 0) is 9.53 Å². The van der Waals surface area contributed by atoms with E-state index in [2.05, 4.69) is 13.8 Å². The summed E-state index contributed by atoms with van der Waals surface area (Å²) < 4.78 is 5.28. The van der Waals surface area contributed by atoms with Crippen LogP contribution >= 0.6 is 0 Å². The molecule has 1 atom stereocenters. The number of likely N-dealkylation sites (tertiary alicyclic amines) is 1. The molecule has 16 heavy (non-hydrogen) atoms. The molecule has 1 aliphatic heterocycles. The SMILES string of the molecule is COC1CCN(C(=O)C(N)CC(C)C)CC1. The van der Waals surface area contributed by atoms with Gasteiger partial charge in [0, 0.05) is 20.2 Å². The summed E-state index contributed by atoms with van der Waals surface area (Å²) in [6, 6.07) is -0.334. The summed E-state index contributed by atoms with van der Waals surface area (Å²) in [5, 5.41) is 0. The van der Waals surface area contributed by atoms with Crippen molar-refractivity contribution in [2.24, 2.45) is 11.7 Å². The average Bonchev–Trinajstić information content (AvgIpc) is 2.27. The first-order valence-corrected chi connectivity index (χ1v) is 6.11. The fraction of sp³-hybridized carbons (Fsp3) is 0.917. The molecule has 0 saturated carbocycles. The summed E-state index contributed by atoms with van der Waals surface area (Å²) in [6.45, 7) is 5.74. The van der Waals surface area contributed by atoms with Crippen LogP contribution in [0.3, 0.4) is 0 Å². The molecule has 0 aromatic rings. The molecule has 0 radical (unpaired) electrons. The van der Waals surface area contributed by atoms with E-state index in [1.54, 1.807) is 7.11 Å². The number of carbonyl (C=O) groups is 1. The number of rotatable bonds is 4. The monoisotopic (exact) mass is 228 g/mol. The Hall–Kier alpha value is -0.610. The average molecular weight is 228 g/mol. The van der Waals surface area contributed by atoms with Gasteiger partial charge in [0.25, 0.3) is 0 Å². The first-order chi connectivity index (χ1) is 7.54. The second kappa shape index (κ2) is 6.21. The van der Waals surface area contributed by atoms with Crippen LogP contribution in [-0.4, -0.2) is 43.2 Å². The Morgan fingerprint density at radius 2 is 2.00 bits per heavy atom. The number of methoxy groups -OCH3 is 1. The Labute approximate surface area is 98.1 Å². The van der Waals surface area contributed by atoms with Crippen molar-refractivity contribution in [1.29, 1.82) is 0 Å². The number of nitrogens with zero attached hydrogens (tertiary/aromatic N) is 1. The molecule has 2 N–H and O–H groups in total. The zero-order chi connectivity index (χ0) is 12.1. The second-order valence-corrected chi connectivity index (χ2v) is 5.00. The number of hydrogen-bond donors (Lipinski definition) is 1. The van der Waals surface area contributed by atoms with E-state index in [0.29, 0.717) is 12.0 Å². The van der Waals surface area contributed by atoms with Gasteiger partial charge < -0.3 is 15.4 Å². The van der Waals surface area contributed by atoms with Crippen LogP contribution in [0.15, 0.2) is 0 Å².